The van der Waals surface area contributed by atoms with Crippen LogP contribution in [0.5, 0.6) is 5.75 Å². The third kappa shape index (κ3) is 9.41. The number of hydrogen-bond acceptors (Lipinski definition) is 5. The fraction of sp³-hybridized carbons (Fsp3) is 0.286. The van der Waals surface area contributed by atoms with Gasteiger partial charge < -0.3 is 15.4 Å². The number of benzene rings is 2. The average molecular weight is 421 g/mol. The summed E-state index contributed by atoms with van der Waals surface area (Å²) in [5.41, 5.74) is 3.40. The first kappa shape index (κ1) is 22.7. The van der Waals surface area contributed by atoms with Gasteiger partial charge in [-0.25, -0.2) is 0 Å². The molecule has 154 valence electrons. The van der Waals surface area contributed by atoms with Crippen LogP contribution in [0.2, 0.25) is 0 Å². The van der Waals surface area contributed by atoms with E-state index in [-0.39, 0.29) is 5.75 Å². The molecule has 1 aliphatic heterocycles. The maximum absolute atomic E-state index is 11.6. The number of alkyl halides is 3. The highest BCUT2D eigenvalue weighted by molar-refractivity contribution is 7.80. The standard InChI is InChI=1S/C14H17N3.C7H5F3OS/c15-9-12-1-3-13(4-2-12)10-17-11-14-5-7-16-8-6-14;8-7(9,10)11-5-1-3-6(12)4-2-5/h1-4,11,16-17H,5-8,10H2;1-4,12H. The highest BCUT2D eigenvalue weighted by atomic mass is 32.1. The van der Waals surface area contributed by atoms with E-state index in [1.54, 1.807) is 0 Å². The zero-order valence-electron chi connectivity index (χ0n) is 15.7. The van der Waals surface area contributed by atoms with E-state index in [4.69, 9.17) is 5.26 Å². The summed E-state index contributed by atoms with van der Waals surface area (Å²) >= 11 is 3.91. The number of nitrogens with zero attached hydrogens (tertiary/aromatic N) is 1. The van der Waals surface area contributed by atoms with Gasteiger partial charge in [-0.2, -0.15) is 5.26 Å². The Morgan fingerprint density at radius 2 is 1.69 bits per heavy atom. The van der Waals surface area contributed by atoms with Crippen molar-refractivity contribution >= 4 is 12.6 Å². The summed E-state index contributed by atoms with van der Waals surface area (Å²) in [5, 5.41) is 15.4. The number of rotatable bonds is 4. The van der Waals surface area contributed by atoms with Gasteiger partial charge in [0, 0.05) is 11.4 Å². The van der Waals surface area contributed by atoms with E-state index < -0.39 is 6.36 Å². The van der Waals surface area contributed by atoms with Crippen LogP contribution in [0.1, 0.15) is 24.0 Å². The molecule has 0 aromatic heterocycles. The van der Waals surface area contributed by atoms with E-state index in [0.717, 1.165) is 32.5 Å². The number of nitriles is 1. The molecule has 2 aromatic carbocycles. The van der Waals surface area contributed by atoms with Gasteiger partial charge in [-0.05, 0) is 74.1 Å². The number of hydrogen-bond donors (Lipinski definition) is 3. The summed E-state index contributed by atoms with van der Waals surface area (Å²) in [6.45, 7) is 3.00. The summed E-state index contributed by atoms with van der Waals surface area (Å²) in [4.78, 5) is 0.588. The zero-order valence-corrected chi connectivity index (χ0v) is 16.6. The van der Waals surface area contributed by atoms with E-state index in [2.05, 4.69) is 40.3 Å². The minimum Gasteiger partial charge on any atom is -0.406 e. The maximum Gasteiger partial charge on any atom is 0.573 e. The summed E-state index contributed by atoms with van der Waals surface area (Å²) in [7, 11) is 0. The Labute approximate surface area is 173 Å². The zero-order chi connectivity index (χ0) is 21.1. The predicted molar refractivity (Wildman–Crippen MR) is 109 cm³/mol. The SMILES string of the molecule is FC(F)(F)Oc1ccc(S)cc1.N#Cc1ccc(CNC=C2CCNCC2)cc1. The number of nitrogens with one attached hydrogen (secondary N) is 2. The molecule has 0 radical (unpaired) electrons. The Kier molecular flexibility index (Phi) is 8.90. The molecule has 0 saturated carbocycles. The van der Waals surface area contributed by atoms with Crippen LogP contribution in [0.25, 0.3) is 0 Å². The molecule has 0 atom stereocenters. The molecule has 8 heteroatoms. The second-order valence-corrected chi connectivity index (χ2v) is 6.80. The molecule has 0 bridgehead atoms. The summed E-state index contributed by atoms with van der Waals surface area (Å²) < 4.78 is 38.4. The van der Waals surface area contributed by atoms with Gasteiger partial charge in [-0.15, -0.1) is 25.8 Å². The molecule has 0 aliphatic carbocycles. The quantitative estimate of drug-likeness (QED) is 0.622. The third-order valence-electron chi connectivity index (χ3n) is 4.01. The van der Waals surface area contributed by atoms with Gasteiger partial charge in [-0.1, -0.05) is 17.7 Å². The van der Waals surface area contributed by atoms with Crippen LogP contribution in [-0.4, -0.2) is 19.5 Å². The Morgan fingerprint density at radius 1 is 1.07 bits per heavy atom. The van der Waals surface area contributed by atoms with Crippen LogP contribution in [0.4, 0.5) is 13.2 Å². The molecule has 2 N–H and O–H groups in total. The van der Waals surface area contributed by atoms with Crippen molar-refractivity contribution in [3.63, 3.8) is 0 Å². The van der Waals surface area contributed by atoms with Crippen LogP contribution in [0.15, 0.2) is 65.2 Å². The molecule has 0 amide bonds. The molecule has 1 fully saturated rings. The van der Waals surface area contributed by atoms with Crippen LogP contribution in [0.3, 0.4) is 0 Å². The smallest absolute Gasteiger partial charge is 0.406 e. The van der Waals surface area contributed by atoms with Gasteiger partial charge in [0.15, 0.2) is 0 Å². The normalized spacial score (nSPS) is 13.6. The second kappa shape index (κ2) is 11.4. The number of ether oxygens (including phenoxy) is 1. The molecule has 2 aromatic rings. The Balaban J connectivity index is 0.000000221. The van der Waals surface area contributed by atoms with E-state index >= 15 is 0 Å². The Morgan fingerprint density at radius 3 is 2.24 bits per heavy atom. The highest BCUT2D eigenvalue weighted by Gasteiger charge is 2.30. The van der Waals surface area contributed by atoms with E-state index in [1.165, 1.54) is 35.4 Å². The van der Waals surface area contributed by atoms with Crippen molar-refractivity contribution in [2.45, 2.75) is 30.6 Å². The lowest BCUT2D eigenvalue weighted by atomic mass is 10.1. The monoisotopic (exact) mass is 421 g/mol. The molecule has 3 rings (SSSR count). The first-order valence-electron chi connectivity index (χ1n) is 9.01. The lowest BCUT2D eigenvalue weighted by Crippen LogP contribution is -2.24. The van der Waals surface area contributed by atoms with Crippen molar-refractivity contribution in [1.82, 2.24) is 10.6 Å². The van der Waals surface area contributed by atoms with Crippen LogP contribution < -0.4 is 15.4 Å². The molecule has 4 nitrogen and oxygen atoms in total. The van der Waals surface area contributed by atoms with Crippen molar-refractivity contribution in [1.29, 1.82) is 5.26 Å². The number of piperidine rings is 1. The average Bonchev–Trinajstić information content (AvgIpc) is 2.71. The van der Waals surface area contributed by atoms with Crippen molar-refractivity contribution in [2.24, 2.45) is 0 Å². The topological polar surface area (TPSA) is 57.1 Å². The molecule has 1 aliphatic rings. The molecule has 0 spiro atoms. The highest BCUT2D eigenvalue weighted by Crippen LogP contribution is 2.23. The lowest BCUT2D eigenvalue weighted by Gasteiger charge is -2.15. The largest absolute Gasteiger partial charge is 0.573 e. The van der Waals surface area contributed by atoms with E-state index in [0.29, 0.717) is 10.5 Å². The summed E-state index contributed by atoms with van der Waals surface area (Å²) in [6, 6.07) is 15.1. The predicted octanol–water partition coefficient (Wildman–Crippen LogP) is 4.79. The molecular weight excluding hydrogens is 399 g/mol. The van der Waals surface area contributed by atoms with Gasteiger partial charge in [-0.3, -0.25) is 0 Å². The molecule has 1 heterocycles. The van der Waals surface area contributed by atoms with Crippen LogP contribution in [0, 0.1) is 11.3 Å². The van der Waals surface area contributed by atoms with Crippen molar-refractivity contribution in [2.75, 3.05) is 13.1 Å². The van der Waals surface area contributed by atoms with E-state index in [1.807, 2.05) is 24.3 Å². The molecule has 1 saturated heterocycles. The van der Waals surface area contributed by atoms with Gasteiger partial charge in [0.05, 0.1) is 11.6 Å². The number of thiol groups is 1. The minimum absolute atomic E-state index is 0.236. The van der Waals surface area contributed by atoms with Gasteiger partial charge >= 0.3 is 6.36 Å². The summed E-state index contributed by atoms with van der Waals surface area (Å²) in [6.07, 6.45) is -0.210. The fourth-order valence-electron chi connectivity index (χ4n) is 2.55. The molecule has 29 heavy (non-hydrogen) atoms. The fourth-order valence-corrected chi connectivity index (χ4v) is 2.70. The Hall–Kier alpha value is -2.63. The number of halogens is 3. The first-order chi connectivity index (χ1) is 13.9. The van der Waals surface area contributed by atoms with Gasteiger partial charge in [0.25, 0.3) is 0 Å². The third-order valence-corrected chi connectivity index (χ3v) is 4.31. The maximum atomic E-state index is 11.6. The van der Waals surface area contributed by atoms with E-state index in [9.17, 15) is 13.2 Å². The minimum atomic E-state index is -4.63. The van der Waals surface area contributed by atoms with Gasteiger partial charge in [0.2, 0.25) is 0 Å². The van der Waals surface area contributed by atoms with Crippen LogP contribution >= 0.6 is 12.6 Å². The summed E-state index contributed by atoms with van der Waals surface area (Å²) in [5.74, 6) is -0.236. The molecule has 0 unspecified atom stereocenters. The van der Waals surface area contributed by atoms with Gasteiger partial charge in [0.1, 0.15) is 5.75 Å². The first-order valence-corrected chi connectivity index (χ1v) is 9.46. The lowest BCUT2D eigenvalue weighted by molar-refractivity contribution is -0.274. The molecular formula is C21H22F3N3OS. The van der Waals surface area contributed by atoms with Crippen LogP contribution in [-0.2, 0) is 6.54 Å². The Bertz CT molecular complexity index is 820. The van der Waals surface area contributed by atoms with Crippen molar-refractivity contribution in [3.05, 3.63) is 71.4 Å². The van der Waals surface area contributed by atoms with Crippen molar-refractivity contribution in [3.8, 4) is 11.8 Å². The van der Waals surface area contributed by atoms with Crippen molar-refractivity contribution < 1.29 is 17.9 Å². The second-order valence-electron chi connectivity index (χ2n) is 6.28.